The summed E-state index contributed by atoms with van der Waals surface area (Å²) in [6.45, 7) is 0.619. The van der Waals surface area contributed by atoms with Crippen molar-refractivity contribution in [2.45, 2.75) is 12.5 Å². The average molecular weight is 170 g/mol. The highest BCUT2D eigenvalue weighted by molar-refractivity contribution is 5.21. The van der Waals surface area contributed by atoms with Crippen LogP contribution in [-0.2, 0) is 11.2 Å². The van der Waals surface area contributed by atoms with Crippen molar-refractivity contribution in [2.24, 2.45) is 0 Å². The average Bonchev–Trinajstić information content (AvgIpc) is 2.80. The van der Waals surface area contributed by atoms with Crippen molar-refractivity contribution in [3.8, 4) is 0 Å². The van der Waals surface area contributed by atoms with Gasteiger partial charge >= 0.3 is 0 Å². The van der Waals surface area contributed by atoms with Crippen LogP contribution in [0.5, 0.6) is 0 Å². The lowest BCUT2D eigenvalue weighted by Crippen LogP contribution is -2.00. The zero-order valence-corrected chi connectivity index (χ0v) is 6.39. The molecule has 12 heavy (non-hydrogen) atoms. The summed E-state index contributed by atoms with van der Waals surface area (Å²) in [5.74, 6) is -0.962. The van der Waals surface area contributed by atoms with Crippen molar-refractivity contribution >= 4 is 0 Å². The van der Waals surface area contributed by atoms with E-state index >= 15 is 0 Å². The number of hydrogen-bond donors (Lipinski definition) is 0. The molecule has 1 aromatic rings. The van der Waals surface area contributed by atoms with Crippen LogP contribution in [0.1, 0.15) is 5.56 Å². The molecule has 3 heteroatoms. The van der Waals surface area contributed by atoms with Crippen molar-refractivity contribution in [1.29, 1.82) is 0 Å². The van der Waals surface area contributed by atoms with Crippen LogP contribution in [0.3, 0.4) is 0 Å². The van der Waals surface area contributed by atoms with Gasteiger partial charge in [-0.2, -0.15) is 0 Å². The molecule has 0 aliphatic carbocycles. The van der Waals surface area contributed by atoms with Gasteiger partial charge in [-0.1, -0.05) is 6.07 Å². The number of halogens is 2. The first-order chi connectivity index (χ1) is 5.77. The Morgan fingerprint density at radius 3 is 2.42 bits per heavy atom. The Kier molecular flexibility index (Phi) is 1.81. The number of hydrogen-bond acceptors (Lipinski definition) is 1. The molecule has 1 aromatic carbocycles. The van der Waals surface area contributed by atoms with Crippen molar-refractivity contribution in [2.75, 3.05) is 6.61 Å². The van der Waals surface area contributed by atoms with E-state index in [4.69, 9.17) is 4.74 Å². The van der Waals surface area contributed by atoms with Crippen molar-refractivity contribution in [3.05, 3.63) is 35.4 Å². The van der Waals surface area contributed by atoms with Crippen molar-refractivity contribution < 1.29 is 13.5 Å². The summed E-state index contributed by atoms with van der Waals surface area (Å²) < 4.78 is 30.8. The lowest BCUT2D eigenvalue weighted by atomic mass is 10.1. The normalized spacial score (nSPS) is 21.0. The zero-order valence-electron chi connectivity index (χ0n) is 6.39. The van der Waals surface area contributed by atoms with E-state index in [0.29, 0.717) is 13.0 Å². The first-order valence-corrected chi connectivity index (χ1v) is 3.82. The second-order valence-corrected chi connectivity index (χ2v) is 2.86. The molecule has 2 rings (SSSR count). The molecule has 0 radical (unpaired) electrons. The van der Waals surface area contributed by atoms with Gasteiger partial charge in [-0.25, -0.2) is 8.78 Å². The summed E-state index contributed by atoms with van der Waals surface area (Å²) in [5, 5.41) is 0. The molecule has 1 nitrogen and oxygen atoms in total. The van der Waals surface area contributed by atoms with E-state index in [9.17, 15) is 8.78 Å². The topological polar surface area (TPSA) is 12.5 Å². The molecule has 0 amide bonds. The number of epoxide rings is 1. The molecule has 0 bridgehead atoms. The van der Waals surface area contributed by atoms with Gasteiger partial charge in [0.25, 0.3) is 0 Å². The molecule has 64 valence electrons. The van der Waals surface area contributed by atoms with Gasteiger partial charge in [-0.15, -0.1) is 0 Å². The van der Waals surface area contributed by atoms with E-state index < -0.39 is 11.6 Å². The summed E-state index contributed by atoms with van der Waals surface area (Å²) in [4.78, 5) is 0. The molecule has 1 aliphatic heterocycles. The Hall–Kier alpha value is -0.960. The third-order valence-electron chi connectivity index (χ3n) is 1.90. The molecule has 1 saturated heterocycles. The van der Waals surface area contributed by atoms with E-state index in [1.54, 1.807) is 0 Å². The smallest absolute Gasteiger partial charge is 0.129 e. The zero-order chi connectivity index (χ0) is 8.55. The standard InChI is InChI=1S/C9H8F2O/c10-8-2-1-3-9(11)7(8)4-6-5-12-6/h1-3,6H,4-5H2. The first kappa shape index (κ1) is 7.68. The minimum absolute atomic E-state index is 0.0244. The van der Waals surface area contributed by atoms with E-state index in [1.165, 1.54) is 18.2 Å². The maximum Gasteiger partial charge on any atom is 0.129 e. The monoisotopic (exact) mass is 170 g/mol. The Labute approximate surface area is 69.0 Å². The van der Waals surface area contributed by atoms with Gasteiger partial charge in [0.15, 0.2) is 0 Å². The van der Waals surface area contributed by atoms with E-state index in [-0.39, 0.29) is 11.7 Å². The number of rotatable bonds is 2. The van der Waals surface area contributed by atoms with Crippen LogP contribution in [0.15, 0.2) is 18.2 Å². The highest BCUT2D eigenvalue weighted by Crippen LogP contribution is 2.20. The third kappa shape index (κ3) is 1.46. The fourth-order valence-electron chi connectivity index (χ4n) is 1.14. The molecular weight excluding hydrogens is 162 g/mol. The van der Waals surface area contributed by atoms with Crippen molar-refractivity contribution in [1.82, 2.24) is 0 Å². The number of benzene rings is 1. The van der Waals surface area contributed by atoms with E-state index in [0.717, 1.165) is 0 Å². The summed E-state index contributed by atoms with van der Waals surface area (Å²) in [6.07, 6.45) is 0.370. The predicted octanol–water partition coefficient (Wildman–Crippen LogP) is 1.91. The van der Waals surface area contributed by atoms with E-state index in [1.807, 2.05) is 0 Å². The Bertz CT molecular complexity index is 274. The minimum atomic E-state index is -0.481. The van der Waals surface area contributed by atoms with Gasteiger partial charge < -0.3 is 4.74 Å². The largest absolute Gasteiger partial charge is 0.373 e. The lowest BCUT2D eigenvalue weighted by molar-refractivity contribution is 0.401. The van der Waals surface area contributed by atoms with Gasteiger partial charge in [-0.05, 0) is 12.1 Å². The van der Waals surface area contributed by atoms with Crippen LogP contribution in [0.4, 0.5) is 8.78 Å². The summed E-state index contributed by atoms with van der Waals surface area (Å²) in [6, 6.07) is 3.89. The molecule has 1 unspecified atom stereocenters. The Morgan fingerprint density at radius 2 is 1.92 bits per heavy atom. The quantitative estimate of drug-likeness (QED) is 0.617. The van der Waals surface area contributed by atoms with Crippen LogP contribution in [-0.4, -0.2) is 12.7 Å². The molecule has 0 saturated carbocycles. The predicted molar refractivity (Wildman–Crippen MR) is 39.8 cm³/mol. The van der Waals surface area contributed by atoms with Gasteiger partial charge in [0.1, 0.15) is 11.6 Å². The highest BCUT2D eigenvalue weighted by Gasteiger charge is 2.25. The molecular formula is C9H8F2O. The second-order valence-electron chi connectivity index (χ2n) is 2.86. The van der Waals surface area contributed by atoms with Crippen LogP contribution in [0.2, 0.25) is 0 Å². The van der Waals surface area contributed by atoms with Gasteiger partial charge in [0, 0.05) is 12.0 Å². The van der Waals surface area contributed by atoms with Gasteiger partial charge in [0.05, 0.1) is 12.7 Å². The fourth-order valence-corrected chi connectivity index (χ4v) is 1.14. The SMILES string of the molecule is Fc1cccc(F)c1CC1CO1. The van der Waals surface area contributed by atoms with Crippen LogP contribution >= 0.6 is 0 Å². The highest BCUT2D eigenvalue weighted by atomic mass is 19.1. The van der Waals surface area contributed by atoms with E-state index in [2.05, 4.69) is 0 Å². The second kappa shape index (κ2) is 2.83. The molecule has 1 aliphatic rings. The molecule has 1 heterocycles. The van der Waals surface area contributed by atoms with Gasteiger partial charge in [-0.3, -0.25) is 0 Å². The van der Waals surface area contributed by atoms with Crippen LogP contribution in [0, 0.1) is 11.6 Å². The van der Waals surface area contributed by atoms with Crippen LogP contribution < -0.4 is 0 Å². The molecule has 1 atom stereocenters. The van der Waals surface area contributed by atoms with Crippen molar-refractivity contribution in [3.63, 3.8) is 0 Å². The molecule has 0 spiro atoms. The minimum Gasteiger partial charge on any atom is -0.373 e. The maximum absolute atomic E-state index is 12.9. The Morgan fingerprint density at radius 1 is 1.33 bits per heavy atom. The fraction of sp³-hybridized carbons (Fsp3) is 0.333. The molecule has 0 N–H and O–H groups in total. The third-order valence-corrected chi connectivity index (χ3v) is 1.90. The van der Waals surface area contributed by atoms with Gasteiger partial charge in [0.2, 0.25) is 0 Å². The molecule has 0 aromatic heterocycles. The summed E-state index contributed by atoms with van der Waals surface area (Å²) >= 11 is 0. The summed E-state index contributed by atoms with van der Waals surface area (Å²) in [7, 11) is 0. The summed E-state index contributed by atoms with van der Waals surface area (Å²) in [5.41, 5.74) is 0.139. The lowest BCUT2D eigenvalue weighted by Gasteiger charge is -2.00. The Balaban J connectivity index is 2.26. The maximum atomic E-state index is 12.9. The van der Waals surface area contributed by atoms with Crippen LogP contribution in [0.25, 0.3) is 0 Å². The molecule has 1 fully saturated rings. The first-order valence-electron chi connectivity index (χ1n) is 3.82. The number of ether oxygens (including phenoxy) is 1.